The second-order valence-electron chi connectivity index (χ2n) is 3.12. The van der Waals surface area contributed by atoms with Crippen LogP contribution in [0.5, 0.6) is 0 Å². The molecule has 0 saturated heterocycles. The van der Waals surface area contributed by atoms with Gasteiger partial charge in [-0.15, -0.1) is 0 Å². The Morgan fingerprint density at radius 2 is 2.38 bits per heavy atom. The van der Waals surface area contributed by atoms with Crippen LogP contribution in [0.1, 0.15) is 10.4 Å². The molecule has 0 amide bonds. The lowest BCUT2D eigenvalue weighted by atomic mass is 10.2. The fourth-order valence-electron chi connectivity index (χ4n) is 1.21. The molecule has 5 nitrogen and oxygen atoms in total. The molecule has 82 valence electrons. The van der Waals surface area contributed by atoms with Crippen molar-refractivity contribution in [3.05, 3.63) is 52.1 Å². The highest BCUT2D eigenvalue weighted by atomic mass is 35.5. The highest BCUT2D eigenvalue weighted by Crippen LogP contribution is 2.05. The summed E-state index contributed by atoms with van der Waals surface area (Å²) in [6.45, 7) is -0.105. The summed E-state index contributed by atoms with van der Waals surface area (Å²) in [4.78, 5) is 26.5. The van der Waals surface area contributed by atoms with Crippen molar-refractivity contribution in [1.29, 1.82) is 0 Å². The molecule has 0 N–H and O–H groups in total. The van der Waals surface area contributed by atoms with E-state index in [1.807, 2.05) is 0 Å². The first-order valence-corrected chi connectivity index (χ1v) is 4.82. The minimum atomic E-state index is -0.513. The normalized spacial score (nSPS) is 10.3. The van der Waals surface area contributed by atoms with Gasteiger partial charge in [0.25, 0.3) is 0 Å². The van der Waals surface area contributed by atoms with Crippen LogP contribution in [0.15, 0.2) is 40.2 Å². The molecule has 2 rings (SSSR count). The lowest BCUT2D eigenvalue weighted by molar-refractivity contribution is 0.0969. The number of furan rings is 1. The smallest absolute Gasteiger partial charge is 0.348 e. The Morgan fingerprint density at radius 3 is 3.06 bits per heavy atom. The van der Waals surface area contributed by atoms with E-state index in [-0.39, 0.29) is 12.3 Å². The number of hydrogen-bond donors (Lipinski definition) is 0. The summed E-state index contributed by atoms with van der Waals surface area (Å²) in [5.41, 5.74) is -0.104. The highest BCUT2D eigenvalue weighted by Gasteiger charge is 2.09. The van der Waals surface area contributed by atoms with Gasteiger partial charge in [-0.3, -0.25) is 9.36 Å². The lowest BCUT2D eigenvalue weighted by Crippen LogP contribution is -2.25. The Bertz CT molecular complexity index is 560. The first kappa shape index (κ1) is 10.6. The van der Waals surface area contributed by atoms with Crippen molar-refractivity contribution in [3.8, 4) is 0 Å². The van der Waals surface area contributed by atoms with Crippen molar-refractivity contribution in [2.45, 2.75) is 6.54 Å². The lowest BCUT2D eigenvalue weighted by Gasteiger charge is -2.02. The van der Waals surface area contributed by atoms with Crippen molar-refractivity contribution in [2.75, 3.05) is 0 Å². The van der Waals surface area contributed by atoms with Crippen LogP contribution in [0.2, 0.25) is 5.02 Å². The molecule has 0 unspecified atom stereocenters. The Kier molecular flexibility index (Phi) is 2.87. The van der Waals surface area contributed by atoms with Crippen molar-refractivity contribution in [2.24, 2.45) is 0 Å². The van der Waals surface area contributed by atoms with Crippen LogP contribution >= 0.6 is 11.6 Å². The van der Waals surface area contributed by atoms with Gasteiger partial charge in [0.15, 0.2) is 5.78 Å². The zero-order chi connectivity index (χ0) is 11.5. The van der Waals surface area contributed by atoms with Crippen LogP contribution in [0, 0.1) is 0 Å². The first-order chi connectivity index (χ1) is 7.66. The van der Waals surface area contributed by atoms with Gasteiger partial charge in [-0.1, -0.05) is 11.6 Å². The van der Waals surface area contributed by atoms with Gasteiger partial charge < -0.3 is 4.42 Å². The molecule has 0 bridgehead atoms. The zero-order valence-electron chi connectivity index (χ0n) is 8.09. The Morgan fingerprint density at radius 1 is 1.56 bits per heavy atom. The molecule has 0 radical (unpaired) electrons. The average Bonchev–Trinajstić information content (AvgIpc) is 2.76. The minimum absolute atomic E-state index is 0.105. The van der Waals surface area contributed by atoms with Gasteiger partial charge in [-0.25, -0.2) is 9.78 Å². The number of nitrogens with zero attached hydrogens (tertiary/aromatic N) is 2. The Labute approximate surface area is 95.3 Å². The van der Waals surface area contributed by atoms with Gasteiger partial charge in [0.1, 0.15) is 6.26 Å². The third kappa shape index (κ3) is 2.20. The van der Waals surface area contributed by atoms with Gasteiger partial charge in [0.2, 0.25) is 0 Å². The van der Waals surface area contributed by atoms with E-state index in [4.69, 9.17) is 16.0 Å². The third-order valence-corrected chi connectivity index (χ3v) is 2.18. The van der Waals surface area contributed by atoms with E-state index >= 15 is 0 Å². The van der Waals surface area contributed by atoms with Crippen molar-refractivity contribution in [1.82, 2.24) is 9.55 Å². The summed E-state index contributed by atoms with van der Waals surface area (Å²) >= 11 is 5.67. The second-order valence-corrected chi connectivity index (χ2v) is 3.55. The molecule has 0 aliphatic heterocycles. The van der Waals surface area contributed by atoms with Gasteiger partial charge in [-0.05, 0) is 6.07 Å². The predicted octanol–water partition coefficient (Wildman–Crippen LogP) is 1.37. The molecule has 0 spiro atoms. The van der Waals surface area contributed by atoms with Gasteiger partial charge in [0.05, 0.1) is 29.6 Å². The number of hydrogen-bond acceptors (Lipinski definition) is 4. The summed E-state index contributed by atoms with van der Waals surface area (Å²) < 4.78 is 5.93. The number of ketones is 1. The topological polar surface area (TPSA) is 65.1 Å². The minimum Gasteiger partial charge on any atom is -0.472 e. The van der Waals surface area contributed by atoms with Crippen LogP contribution in [0.3, 0.4) is 0 Å². The SMILES string of the molecule is O=C(Cn1cc(Cl)cnc1=O)c1ccoc1. The largest absolute Gasteiger partial charge is 0.472 e. The molecule has 2 heterocycles. The van der Waals surface area contributed by atoms with E-state index in [1.54, 1.807) is 0 Å². The van der Waals surface area contributed by atoms with Crippen molar-refractivity contribution >= 4 is 17.4 Å². The number of aromatic nitrogens is 2. The Hall–Kier alpha value is -1.88. The number of rotatable bonds is 3. The molecule has 2 aromatic rings. The van der Waals surface area contributed by atoms with E-state index < -0.39 is 5.69 Å². The van der Waals surface area contributed by atoms with Gasteiger partial charge in [-0.2, -0.15) is 0 Å². The summed E-state index contributed by atoms with van der Waals surface area (Å²) in [6.07, 6.45) is 5.33. The second kappa shape index (κ2) is 4.32. The average molecular weight is 239 g/mol. The fraction of sp³-hybridized carbons (Fsp3) is 0.100. The maximum atomic E-state index is 11.6. The van der Waals surface area contributed by atoms with Crippen LogP contribution in [-0.2, 0) is 6.54 Å². The van der Waals surface area contributed by atoms with Gasteiger partial charge >= 0.3 is 5.69 Å². The Balaban J connectivity index is 2.25. The number of carbonyl (C=O) groups is 1. The van der Waals surface area contributed by atoms with E-state index in [9.17, 15) is 9.59 Å². The van der Waals surface area contributed by atoms with Crippen LogP contribution in [0.25, 0.3) is 0 Å². The van der Waals surface area contributed by atoms with Crippen molar-refractivity contribution in [3.63, 3.8) is 0 Å². The molecule has 6 heteroatoms. The van der Waals surface area contributed by atoms with Gasteiger partial charge in [0, 0.05) is 6.20 Å². The summed E-state index contributed by atoms with van der Waals surface area (Å²) in [5.74, 6) is -0.236. The molecule has 16 heavy (non-hydrogen) atoms. The number of Topliss-reactive ketones (excluding diaryl/α,β-unsaturated/α-hetero) is 1. The molecule has 0 aliphatic carbocycles. The molecular weight excluding hydrogens is 232 g/mol. The molecule has 0 fully saturated rings. The monoisotopic (exact) mass is 238 g/mol. The van der Waals surface area contributed by atoms with E-state index in [0.29, 0.717) is 10.6 Å². The standard InChI is InChI=1S/C10H7ClN2O3/c11-8-3-12-10(15)13(4-8)5-9(14)7-1-2-16-6-7/h1-4,6H,5H2. The highest BCUT2D eigenvalue weighted by molar-refractivity contribution is 6.30. The van der Waals surface area contributed by atoms with Crippen LogP contribution in [0.4, 0.5) is 0 Å². The third-order valence-electron chi connectivity index (χ3n) is 1.98. The maximum absolute atomic E-state index is 11.6. The maximum Gasteiger partial charge on any atom is 0.348 e. The quantitative estimate of drug-likeness (QED) is 0.758. The number of halogens is 1. The van der Waals surface area contributed by atoms with E-state index in [0.717, 1.165) is 4.57 Å². The molecule has 2 aromatic heterocycles. The fourth-order valence-corrected chi connectivity index (χ4v) is 1.38. The summed E-state index contributed by atoms with van der Waals surface area (Å²) in [7, 11) is 0. The summed E-state index contributed by atoms with van der Waals surface area (Å²) in [5, 5.41) is 0.305. The van der Waals surface area contributed by atoms with E-state index in [2.05, 4.69) is 4.98 Å². The predicted molar refractivity (Wildman–Crippen MR) is 56.5 cm³/mol. The molecule has 0 aromatic carbocycles. The van der Waals surface area contributed by atoms with Crippen LogP contribution in [-0.4, -0.2) is 15.3 Å². The zero-order valence-corrected chi connectivity index (χ0v) is 8.85. The van der Waals surface area contributed by atoms with Crippen LogP contribution < -0.4 is 5.69 Å². The molecule has 0 aliphatic rings. The molecule has 0 atom stereocenters. The molecular formula is C10H7ClN2O3. The van der Waals surface area contributed by atoms with Crippen molar-refractivity contribution < 1.29 is 9.21 Å². The number of carbonyl (C=O) groups excluding carboxylic acids is 1. The van der Waals surface area contributed by atoms with E-state index in [1.165, 1.54) is 31.0 Å². The summed E-state index contributed by atoms with van der Waals surface area (Å²) in [6, 6.07) is 1.53. The first-order valence-electron chi connectivity index (χ1n) is 4.44. The molecule has 0 saturated carbocycles.